The maximum Gasteiger partial charge on any atom is 0.0975 e. The number of nitrogens with two attached hydrogens (primary N) is 1. The zero-order chi connectivity index (χ0) is 15.7. The molecule has 114 valence electrons. The van der Waals surface area contributed by atoms with Gasteiger partial charge in [-0.05, 0) is 29.2 Å². The summed E-state index contributed by atoms with van der Waals surface area (Å²) < 4.78 is 0. The van der Waals surface area contributed by atoms with Crippen LogP contribution in [-0.2, 0) is 6.42 Å². The molecule has 1 aromatic heterocycles. The number of thiazole rings is 1. The Labute approximate surface area is 136 Å². The molecule has 0 aliphatic rings. The standard InChI is InChI=1S/C19H22N2S/c1-12(2)18-19(13(3)20)22-17(21-18)11-15-9-6-8-14-7-4-5-10-16(14)15/h4-10,12-13H,11,20H2,1-3H3. The average molecular weight is 310 g/mol. The van der Waals surface area contributed by atoms with E-state index in [-0.39, 0.29) is 6.04 Å². The molecule has 1 unspecified atom stereocenters. The van der Waals surface area contributed by atoms with Gasteiger partial charge in [-0.3, -0.25) is 0 Å². The van der Waals surface area contributed by atoms with Crippen LogP contribution in [0.1, 0.15) is 53.9 Å². The fourth-order valence-electron chi connectivity index (χ4n) is 2.82. The van der Waals surface area contributed by atoms with Crippen molar-refractivity contribution in [1.82, 2.24) is 4.98 Å². The molecule has 2 N–H and O–H groups in total. The third-order valence-electron chi connectivity index (χ3n) is 3.91. The van der Waals surface area contributed by atoms with Crippen molar-refractivity contribution in [3.8, 4) is 0 Å². The third kappa shape index (κ3) is 2.92. The Balaban J connectivity index is 2.00. The Morgan fingerprint density at radius 1 is 1.05 bits per heavy atom. The first kappa shape index (κ1) is 15.2. The molecule has 3 aromatic rings. The summed E-state index contributed by atoms with van der Waals surface area (Å²) in [6, 6.07) is 15.1. The quantitative estimate of drug-likeness (QED) is 0.734. The van der Waals surface area contributed by atoms with E-state index >= 15 is 0 Å². The van der Waals surface area contributed by atoms with Gasteiger partial charge in [-0.2, -0.15) is 0 Å². The molecule has 0 fully saturated rings. The van der Waals surface area contributed by atoms with E-state index < -0.39 is 0 Å². The highest BCUT2D eigenvalue weighted by Crippen LogP contribution is 2.31. The molecule has 1 atom stereocenters. The number of hydrogen-bond acceptors (Lipinski definition) is 3. The maximum absolute atomic E-state index is 6.12. The molecule has 3 heteroatoms. The molecule has 1 heterocycles. The first-order chi connectivity index (χ1) is 10.6. The Kier molecular flexibility index (Phi) is 4.27. The fraction of sp³-hybridized carbons (Fsp3) is 0.316. The van der Waals surface area contributed by atoms with Gasteiger partial charge in [-0.15, -0.1) is 11.3 Å². The van der Waals surface area contributed by atoms with Crippen molar-refractivity contribution >= 4 is 22.1 Å². The summed E-state index contributed by atoms with van der Waals surface area (Å²) in [5.41, 5.74) is 8.61. The molecular formula is C19H22N2S. The number of fused-ring (bicyclic) bond motifs is 1. The van der Waals surface area contributed by atoms with Gasteiger partial charge in [0.1, 0.15) is 0 Å². The Hall–Kier alpha value is -1.71. The van der Waals surface area contributed by atoms with E-state index in [9.17, 15) is 0 Å². The Morgan fingerprint density at radius 3 is 2.45 bits per heavy atom. The molecule has 0 amide bonds. The predicted molar refractivity (Wildman–Crippen MR) is 95.6 cm³/mol. The Morgan fingerprint density at radius 2 is 1.77 bits per heavy atom. The summed E-state index contributed by atoms with van der Waals surface area (Å²) in [7, 11) is 0. The topological polar surface area (TPSA) is 38.9 Å². The lowest BCUT2D eigenvalue weighted by atomic mass is 10.0. The molecule has 0 spiro atoms. The van der Waals surface area contributed by atoms with Crippen molar-refractivity contribution in [2.75, 3.05) is 0 Å². The molecule has 2 aromatic carbocycles. The smallest absolute Gasteiger partial charge is 0.0975 e. The molecule has 2 nitrogen and oxygen atoms in total. The lowest BCUT2D eigenvalue weighted by Crippen LogP contribution is -2.06. The summed E-state index contributed by atoms with van der Waals surface area (Å²) in [4.78, 5) is 6.10. The van der Waals surface area contributed by atoms with Gasteiger partial charge in [-0.1, -0.05) is 56.3 Å². The van der Waals surface area contributed by atoms with E-state index in [0.717, 1.165) is 17.1 Å². The first-order valence-electron chi connectivity index (χ1n) is 7.78. The summed E-state index contributed by atoms with van der Waals surface area (Å²) in [6.07, 6.45) is 0.873. The second-order valence-corrected chi connectivity index (χ2v) is 7.23. The minimum Gasteiger partial charge on any atom is -0.323 e. The van der Waals surface area contributed by atoms with Gasteiger partial charge in [0.05, 0.1) is 10.7 Å². The second kappa shape index (κ2) is 6.19. The number of nitrogens with zero attached hydrogens (tertiary/aromatic N) is 1. The van der Waals surface area contributed by atoms with E-state index in [1.54, 1.807) is 11.3 Å². The van der Waals surface area contributed by atoms with Crippen molar-refractivity contribution in [2.45, 2.75) is 39.2 Å². The minimum absolute atomic E-state index is 0.0520. The van der Waals surface area contributed by atoms with Gasteiger partial charge < -0.3 is 5.73 Å². The van der Waals surface area contributed by atoms with Crippen LogP contribution in [0.5, 0.6) is 0 Å². The highest BCUT2D eigenvalue weighted by atomic mass is 32.1. The summed E-state index contributed by atoms with van der Waals surface area (Å²) in [5.74, 6) is 0.415. The van der Waals surface area contributed by atoms with Crippen LogP contribution in [0.15, 0.2) is 42.5 Å². The number of rotatable bonds is 4. The van der Waals surface area contributed by atoms with Gasteiger partial charge in [0.25, 0.3) is 0 Å². The Bertz CT molecular complexity index is 756. The minimum atomic E-state index is 0.0520. The number of aromatic nitrogens is 1. The molecule has 0 aliphatic carbocycles. The van der Waals surface area contributed by atoms with Crippen LogP contribution < -0.4 is 5.73 Å². The van der Waals surface area contributed by atoms with Crippen molar-refractivity contribution in [3.05, 3.63) is 63.6 Å². The summed E-state index contributed by atoms with van der Waals surface area (Å²) in [6.45, 7) is 6.41. The molecule has 0 aliphatic heterocycles. The van der Waals surface area contributed by atoms with Crippen LogP contribution in [-0.4, -0.2) is 4.98 Å². The van der Waals surface area contributed by atoms with Crippen LogP contribution in [0.4, 0.5) is 0 Å². The van der Waals surface area contributed by atoms with Gasteiger partial charge in [-0.25, -0.2) is 4.98 Å². The maximum atomic E-state index is 6.12. The fourth-order valence-corrected chi connectivity index (χ4v) is 4.01. The van der Waals surface area contributed by atoms with Crippen LogP contribution in [0.25, 0.3) is 10.8 Å². The SMILES string of the molecule is CC(C)c1nc(Cc2cccc3ccccc23)sc1C(C)N. The van der Waals surface area contributed by atoms with E-state index in [2.05, 4.69) is 56.3 Å². The molecule has 22 heavy (non-hydrogen) atoms. The highest BCUT2D eigenvalue weighted by Gasteiger charge is 2.17. The largest absolute Gasteiger partial charge is 0.323 e. The van der Waals surface area contributed by atoms with Gasteiger partial charge in [0.2, 0.25) is 0 Å². The number of benzene rings is 2. The van der Waals surface area contributed by atoms with E-state index in [0.29, 0.717) is 5.92 Å². The van der Waals surface area contributed by atoms with Crippen molar-refractivity contribution < 1.29 is 0 Å². The van der Waals surface area contributed by atoms with Crippen molar-refractivity contribution in [2.24, 2.45) is 5.73 Å². The third-order valence-corrected chi connectivity index (χ3v) is 5.18. The molecular weight excluding hydrogens is 288 g/mol. The molecule has 0 saturated carbocycles. The van der Waals surface area contributed by atoms with Crippen molar-refractivity contribution in [1.29, 1.82) is 0 Å². The molecule has 0 radical (unpaired) electrons. The van der Waals surface area contributed by atoms with E-state index in [1.165, 1.54) is 21.2 Å². The first-order valence-corrected chi connectivity index (χ1v) is 8.59. The monoisotopic (exact) mass is 310 g/mol. The average Bonchev–Trinajstić information content (AvgIpc) is 2.92. The molecule has 0 saturated heterocycles. The van der Waals surface area contributed by atoms with Gasteiger partial charge in [0, 0.05) is 17.3 Å². The van der Waals surface area contributed by atoms with Crippen LogP contribution in [0.2, 0.25) is 0 Å². The zero-order valence-electron chi connectivity index (χ0n) is 13.3. The number of hydrogen-bond donors (Lipinski definition) is 1. The van der Waals surface area contributed by atoms with Gasteiger partial charge >= 0.3 is 0 Å². The molecule has 3 rings (SSSR count). The zero-order valence-corrected chi connectivity index (χ0v) is 14.2. The van der Waals surface area contributed by atoms with Crippen LogP contribution in [0.3, 0.4) is 0 Å². The highest BCUT2D eigenvalue weighted by molar-refractivity contribution is 7.11. The second-order valence-electron chi connectivity index (χ2n) is 6.12. The predicted octanol–water partition coefficient (Wildman–Crippen LogP) is 5.03. The van der Waals surface area contributed by atoms with Crippen LogP contribution >= 0.6 is 11.3 Å². The van der Waals surface area contributed by atoms with E-state index in [4.69, 9.17) is 10.7 Å². The summed E-state index contributed by atoms with van der Waals surface area (Å²) in [5, 5.41) is 3.76. The lowest BCUT2D eigenvalue weighted by Gasteiger charge is -2.07. The lowest BCUT2D eigenvalue weighted by molar-refractivity contribution is 0.759. The molecule has 0 bridgehead atoms. The van der Waals surface area contributed by atoms with Crippen molar-refractivity contribution in [3.63, 3.8) is 0 Å². The normalized spacial score (nSPS) is 13.0. The van der Waals surface area contributed by atoms with E-state index in [1.807, 2.05) is 6.92 Å². The van der Waals surface area contributed by atoms with Crippen LogP contribution in [0, 0.1) is 0 Å². The summed E-state index contributed by atoms with van der Waals surface area (Å²) >= 11 is 1.76. The van der Waals surface area contributed by atoms with Gasteiger partial charge in [0.15, 0.2) is 0 Å².